The van der Waals surface area contributed by atoms with Crippen molar-refractivity contribution in [2.75, 3.05) is 13.1 Å². The number of aromatic nitrogens is 3. The average molecular weight is 377 g/mol. The number of carbonyl (C=O) groups excluding carboxylic acids is 1. The summed E-state index contributed by atoms with van der Waals surface area (Å²) in [5, 5.41) is 11.1. The maximum Gasteiger partial charge on any atom is 0.253 e. The molecule has 1 atom stereocenters. The quantitative estimate of drug-likeness (QED) is 0.699. The predicted octanol–water partition coefficient (Wildman–Crippen LogP) is 3.28. The lowest BCUT2D eigenvalue weighted by atomic mass is 9.96. The first-order chi connectivity index (χ1) is 13.2. The molecule has 2 aromatic heterocycles. The molecule has 1 saturated heterocycles. The van der Waals surface area contributed by atoms with Gasteiger partial charge in [0.15, 0.2) is 0 Å². The van der Waals surface area contributed by atoms with E-state index in [1.165, 1.54) is 0 Å². The van der Waals surface area contributed by atoms with E-state index in [-0.39, 0.29) is 11.8 Å². The minimum Gasteiger partial charge on any atom is -0.338 e. The Hall–Kier alpha value is -2.98. The van der Waals surface area contributed by atoms with Crippen molar-refractivity contribution in [2.45, 2.75) is 25.3 Å². The van der Waals surface area contributed by atoms with Gasteiger partial charge in [0, 0.05) is 42.3 Å². The number of nitriles is 1. The predicted molar refractivity (Wildman–Crippen MR) is 102 cm³/mol. The molecular formula is C20H19N5OS. The summed E-state index contributed by atoms with van der Waals surface area (Å²) in [7, 11) is 0. The number of piperidine rings is 1. The Morgan fingerprint density at radius 1 is 1.37 bits per heavy atom. The van der Waals surface area contributed by atoms with Gasteiger partial charge in [-0.15, -0.1) is 11.3 Å². The number of benzene rings is 1. The number of thiazole rings is 1. The van der Waals surface area contributed by atoms with Crippen LogP contribution in [0.1, 0.15) is 46.2 Å². The molecule has 136 valence electrons. The molecule has 1 aliphatic heterocycles. The zero-order valence-corrected chi connectivity index (χ0v) is 15.6. The van der Waals surface area contributed by atoms with E-state index in [0.717, 1.165) is 30.9 Å². The van der Waals surface area contributed by atoms with Crippen molar-refractivity contribution in [3.8, 4) is 6.07 Å². The van der Waals surface area contributed by atoms with Crippen LogP contribution in [0.15, 0.2) is 47.5 Å². The molecule has 0 spiro atoms. The van der Waals surface area contributed by atoms with Crippen LogP contribution in [0.2, 0.25) is 0 Å². The van der Waals surface area contributed by atoms with Gasteiger partial charge in [0.25, 0.3) is 5.91 Å². The van der Waals surface area contributed by atoms with Crippen molar-refractivity contribution in [1.29, 1.82) is 5.26 Å². The third-order valence-electron chi connectivity index (χ3n) is 4.88. The Kier molecular flexibility index (Phi) is 4.99. The fraction of sp³-hybridized carbons (Fsp3) is 0.300. The smallest absolute Gasteiger partial charge is 0.253 e. The Morgan fingerprint density at radius 2 is 2.30 bits per heavy atom. The molecule has 3 heterocycles. The zero-order chi connectivity index (χ0) is 18.6. The van der Waals surface area contributed by atoms with Crippen LogP contribution in [0.3, 0.4) is 0 Å². The molecule has 1 fully saturated rings. The van der Waals surface area contributed by atoms with Crippen molar-refractivity contribution < 1.29 is 4.79 Å². The van der Waals surface area contributed by atoms with E-state index >= 15 is 0 Å². The normalized spacial score (nSPS) is 16.9. The van der Waals surface area contributed by atoms with E-state index in [9.17, 15) is 4.79 Å². The van der Waals surface area contributed by atoms with Crippen molar-refractivity contribution in [3.05, 3.63) is 70.2 Å². The first kappa shape index (κ1) is 17.4. The van der Waals surface area contributed by atoms with E-state index in [2.05, 4.69) is 20.6 Å². The number of carbonyl (C=O) groups is 1. The van der Waals surface area contributed by atoms with E-state index in [1.807, 2.05) is 28.2 Å². The Balaban J connectivity index is 1.51. The van der Waals surface area contributed by atoms with Gasteiger partial charge in [-0.05, 0) is 31.0 Å². The lowest BCUT2D eigenvalue weighted by Gasteiger charge is -2.32. The number of hydrogen-bond acceptors (Lipinski definition) is 5. The van der Waals surface area contributed by atoms with Crippen molar-refractivity contribution in [3.63, 3.8) is 0 Å². The van der Waals surface area contributed by atoms with Crippen LogP contribution < -0.4 is 0 Å². The summed E-state index contributed by atoms with van der Waals surface area (Å²) in [5.41, 5.74) is 3.94. The summed E-state index contributed by atoms with van der Waals surface area (Å²) in [6.07, 6.45) is 5.75. The van der Waals surface area contributed by atoms with Gasteiger partial charge in [0.1, 0.15) is 5.82 Å². The fourth-order valence-corrected chi connectivity index (χ4v) is 4.13. The summed E-state index contributed by atoms with van der Waals surface area (Å²) in [6.45, 7) is 2.08. The second kappa shape index (κ2) is 7.72. The van der Waals surface area contributed by atoms with Gasteiger partial charge in [0.2, 0.25) is 0 Å². The third-order valence-corrected chi connectivity index (χ3v) is 5.51. The molecule has 0 unspecified atom stereocenters. The molecular weight excluding hydrogens is 358 g/mol. The van der Waals surface area contributed by atoms with E-state index in [0.29, 0.717) is 24.2 Å². The SMILES string of the molecule is N#Cc1cccc(C(=O)N2CCC[C@H](c3nccn3Cc3cscn3)C2)c1. The van der Waals surface area contributed by atoms with Gasteiger partial charge >= 0.3 is 0 Å². The number of rotatable bonds is 4. The number of imidazole rings is 1. The van der Waals surface area contributed by atoms with Crippen molar-refractivity contribution in [2.24, 2.45) is 0 Å². The van der Waals surface area contributed by atoms with Crippen LogP contribution in [0.5, 0.6) is 0 Å². The average Bonchev–Trinajstić information content (AvgIpc) is 3.40. The molecule has 7 heteroatoms. The summed E-state index contributed by atoms with van der Waals surface area (Å²) < 4.78 is 2.13. The molecule has 0 bridgehead atoms. The van der Waals surface area contributed by atoms with Crippen LogP contribution in [0.4, 0.5) is 0 Å². The van der Waals surface area contributed by atoms with E-state index in [4.69, 9.17) is 5.26 Å². The summed E-state index contributed by atoms with van der Waals surface area (Å²) >= 11 is 1.59. The lowest BCUT2D eigenvalue weighted by Crippen LogP contribution is -2.39. The second-order valence-corrected chi connectivity index (χ2v) is 7.39. The summed E-state index contributed by atoms with van der Waals surface area (Å²) in [5.74, 6) is 1.19. The summed E-state index contributed by atoms with van der Waals surface area (Å²) in [6, 6.07) is 9.00. The van der Waals surface area contributed by atoms with Gasteiger partial charge in [-0.3, -0.25) is 4.79 Å². The topological polar surface area (TPSA) is 74.8 Å². The summed E-state index contributed by atoms with van der Waals surface area (Å²) in [4.78, 5) is 23.7. The number of nitrogens with zero attached hydrogens (tertiary/aromatic N) is 5. The number of amides is 1. The van der Waals surface area contributed by atoms with Gasteiger partial charge in [-0.25, -0.2) is 9.97 Å². The Labute approximate surface area is 161 Å². The molecule has 3 aromatic rings. The molecule has 0 aliphatic carbocycles. The third kappa shape index (κ3) is 3.76. The molecule has 27 heavy (non-hydrogen) atoms. The molecule has 0 saturated carbocycles. The maximum atomic E-state index is 12.9. The van der Waals surface area contributed by atoms with Crippen molar-refractivity contribution in [1.82, 2.24) is 19.4 Å². The highest BCUT2D eigenvalue weighted by molar-refractivity contribution is 7.07. The van der Waals surface area contributed by atoms with Crippen LogP contribution >= 0.6 is 11.3 Å². The molecule has 0 radical (unpaired) electrons. The Morgan fingerprint density at radius 3 is 3.11 bits per heavy atom. The molecule has 1 amide bonds. The molecule has 6 nitrogen and oxygen atoms in total. The zero-order valence-electron chi connectivity index (χ0n) is 14.8. The van der Waals surface area contributed by atoms with Gasteiger partial charge in [0.05, 0.1) is 29.4 Å². The number of likely N-dealkylation sites (tertiary alicyclic amines) is 1. The largest absolute Gasteiger partial charge is 0.338 e. The first-order valence-electron chi connectivity index (χ1n) is 8.92. The van der Waals surface area contributed by atoms with Gasteiger partial charge < -0.3 is 9.47 Å². The van der Waals surface area contributed by atoms with Crippen LogP contribution in [0, 0.1) is 11.3 Å². The number of hydrogen-bond donors (Lipinski definition) is 0. The fourth-order valence-electron chi connectivity index (χ4n) is 3.58. The van der Waals surface area contributed by atoms with Gasteiger partial charge in [-0.1, -0.05) is 6.07 Å². The van der Waals surface area contributed by atoms with Crippen LogP contribution in [0.25, 0.3) is 0 Å². The monoisotopic (exact) mass is 377 g/mol. The molecule has 0 N–H and O–H groups in total. The highest BCUT2D eigenvalue weighted by atomic mass is 32.1. The minimum atomic E-state index is -0.0191. The maximum absolute atomic E-state index is 12.9. The van der Waals surface area contributed by atoms with E-state index in [1.54, 1.807) is 35.6 Å². The minimum absolute atomic E-state index is 0.0191. The molecule has 1 aliphatic rings. The van der Waals surface area contributed by atoms with Crippen LogP contribution in [-0.2, 0) is 6.54 Å². The van der Waals surface area contributed by atoms with Crippen LogP contribution in [-0.4, -0.2) is 38.4 Å². The van der Waals surface area contributed by atoms with E-state index < -0.39 is 0 Å². The highest BCUT2D eigenvalue weighted by Gasteiger charge is 2.28. The first-order valence-corrected chi connectivity index (χ1v) is 9.86. The molecule has 4 rings (SSSR count). The highest BCUT2D eigenvalue weighted by Crippen LogP contribution is 2.27. The van der Waals surface area contributed by atoms with Crippen molar-refractivity contribution >= 4 is 17.2 Å². The Bertz CT molecular complexity index is 972. The van der Waals surface area contributed by atoms with Gasteiger partial charge in [-0.2, -0.15) is 5.26 Å². The lowest BCUT2D eigenvalue weighted by molar-refractivity contribution is 0.0703. The standard InChI is InChI=1S/C20H19N5OS/c21-10-15-3-1-4-16(9-15)20(26)25-7-2-5-17(11-25)19-22-6-8-24(19)12-18-13-27-14-23-18/h1,3-4,6,8-9,13-14,17H,2,5,7,11-12H2/t17-/m0/s1. The second-order valence-electron chi connectivity index (χ2n) is 6.68. The molecule has 1 aromatic carbocycles.